The number of benzene rings is 1. The summed E-state index contributed by atoms with van der Waals surface area (Å²) in [6.07, 6.45) is 4.74. The average molecular weight is 343 g/mol. The van der Waals surface area contributed by atoms with E-state index in [0.717, 1.165) is 44.4 Å². The van der Waals surface area contributed by atoms with Crippen LogP contribution in [0.1, 0.15) is 25.2 Å². The van der Waals surface area contributed by atoms with Crippen LogP contribution in [0.25, 0.3) is 0 Å². The van der Waals surface area contributed by atoms with Gasteiger partial charge >= 0.3 is 0 Å². The van der Waals surface area contributed by atoms with E-state index in [0.29, 0.717) is 13.2 Å². The third-order valence-corrected chi connectivity index (χ3v) is 3.69. The summed E-state index contributed by atoms with van der Waals surface area (Å²) >= 11 is 0. The Morgan fingerprint density at radius 1 is 1.20 bits per heavy atom. The molecule has 2 N–H and O–H groups in total. The monoisotopic (exact) mass is 343 g/mol. The van der Waals surface area contributed by atoms with Crippen LogP contribution in [0, 0.1) is 0 Å². The van der Waals surface area contributed by atoms with Crippen molar-refractivity contribution in [1.29, 1.82) is 0 Å². The standard InChI is InChI=1S/C19H29N5O/c1-3-20-19(23-13-15-25-4-2)22-11-10-18-21-12-14-24(18)16-17-8-6-5-7-9-17/h5-9,12,14H,3-4,10-11,13,15-16H2,1-2H3,(H2,20,22,23). The number of aromatic nitrogens is 2. The van der Waals surface area contributed by atoms with E-state index in [9.17, 15) is 0 Å². The number of guanidine groups is 1. The van der Waals surface area contributed by atoms with Gasteiger partial charge in [0.2, 0.25) is 0 Å². The molecule has 0 bridgehead atoms. The first kappa shape index (κ1) is 19.0. The second-order valence-corrected chi connectivity index (χ2v) is 5.59. The molecule has 0 fully saturated rings. The van der Waals surface area contributed by atoms with Gasteiger partial charge in [0, 0.05) is 45.1 Å². The van der Waals surface area contributed by atoms with Crippen LogP contribution < -0.4 is 10.6 Å². The molecule has 0 radical (unpaired) electrons. The summed E-state index contributed by atoms with van der Waals surface area (Å²) in [6, 6.07) is 10.4. The Bertz CT molecular complexity index is 624. The number of ether oxygens (including phenoxy) is 1. The van der Waals surface area contributed by atoms with E-state index >= 15 is 0 Å². The van der Waals surface area contributed by atoms with Crippen molar-refractivity contribution in [2.45, 2.75) is 26.8 Å². The zero-order valence-corrected chi connectivity index (χ0v) is 15.2. The van der Waals surface area contributed by atoms with E-state index in [1.165, 1.54) is 5.56 Å². The van der Waals surface area contributed by atoms with Crippen LogP contribution in [-0.2, 0) is 17.7 Å². The summed E-state index contributed by atoms with van der Waals surface area (Å²) in [4.78, 5) is 8.99. The number of imidazole rings is 1. The smallest absolute Gasteiger partial charge is 0.191 e. The first-order valence-electron chi connectivity index (χ1n) is 8.97. The first-order chi connectivity index (χ1) is 12.3. The van der Waals surface area contributed by atoms with Crippen LogP contribution in [0.3, 0.4) is 0 Å². The highest BCUT2D eigenvalue weighted by Gasteiger charge is 2.04. The van der Waals surface area contributed by atoms with Crippen molar-refractivity contribution in [3.63, 3.8) is 0 Å². The number of nitrogens with one attached hydrogen (secondary N) is 2. The van der Waals surface area contributed by atoms with Crippen molar-refractivity contribution in [2.75, 3.05) is 32.8 Å². The Kier molecular flexibility index (Phi) is 8.55. The van der Waals surface area contributed by atoms with Gasteiger partial charge in [-0.25, -0.2) is 4.98 Å². The summed E-state index contributed by atoms with van der Waals surface area (Å²) in [5.41, 5.74) is 1.28. The summed E-state index contributed by atoms with van der Waals surface area (Å²) in [5.74, 6) is 1.89. The van der Waals surface area contributed by atoms with Gasteiger partial charge in [-0.1, -0.05) is 30.3 Å². The molecule has 136 valence electrons. The molecule has 2 aromatic rings. The van der Waals surface area contributed by atoms with Gasteiger partial charge in [-0.3, -0.25) is 4.99 Å². The second-order valence-electron chi connectivity index (χ2n) is 5.59. The molecule has 0 unspecified atom stereocenters. The Labute approximate surface area is 150 Å². The van der Waals surface area contributed by atoms with Crippen LogP contribution in [0.15, 0.2) is 47.7 Å². The van der Waals surface area contributed by atoms with Crippen LogP contribution in [-0.4, -0.2) is 48.4 Å². The van der Waals surface area contributed by atoms with Gasteiger partial charge in [0.1, 0.15) is 5.82 Å². The maximum atomic E-state index is 5.32. The lowest BCUT2D eigenvalue weighted by Crippen LogP contribution is -2.38. The van der Waals surface area contributed by atoms with Crippen LogP contribution in [0.5, 0.6) is 0 Å². The minimum atomic E-state index is 0.647. The van der Waals surface area contributed by atoms with Crippen molar-refractivity contribution >= 4 is 5.96 Å². The van der Waals surface area contributed by atoms with Crippen molar-refractivity contribution in [3.05, 3.63) is 54.1 Å². The number of nitrogens with zero attached hydrogens (tertiary/aromatic N) is 3. The fourth-order valence-corrected chi connectivity index (χ4v) is 2.49. The minimum Gasteiger partial charge on any atom is -0.380 e. The van der Waals surface area contributed by atoms with Crippen LogP contribution in [0.4, 0.5) is 0 Å². The van der Waals surface area contributed by atoms with Crippen molar-refractivity contribution in [1.82, 2.24) is 20.2 Å². The van der Waals surface area contributed by atoms with Gasteiger partial charge in [0.05, 0.1) is 13.2 Å². The molecule has 2 rings (SSSR count). The zero-order valence-electron chi connectivity index (χ0n) is 15.2. The van der Waals surface area contributed by atoms with Crippen LogP contribution >= 0.6 is 0 Å². The van der Waals surface area contributed by atoms with Crippen molar-refractivity contribution in [3.8, 4) is 0 Å². The molecular formula is C19H29N5O. The molecular weight excluding hydrogens is 314 g/mol. The third-order valence-electron chi connectivity index (χ3n) is 3.69. The minimum absolute atomic E-state index is 0.647. The van der Waals surface area contributed by atoms with Crippen molar-refractivity contribution in [2.24, 2.45) is 4.99 Å². The number of hydrogen-bond donors (Lipinski definition) is 2. The van der Waals surface area contributed by atoms with Crippen molar-refractivity contribution < 1.29 is 4.74 Å². The fourth-order valence-electron chi connectivity index (χ4n) is 2.49. The molecule has 0 spiro atoms. The van der Waals surface area contributed by atoms with E-state index in [4.69, 9.17) is 4.74 Å². The van der Waals surface area contributed by atoms with Gasteiger partial charge in [-0.05, 0) is 19.4 Å². The molecule has 0 aliphatic carbocycles. The lowest BCUT2D eigenvalue weighted by Gasteiger charge is -2.12. The summed E-state index contributed by atoms with van der Waals surface area (Å²) < 4.78 is 7.51. The second kappa shape index (κ2) is 11.3. The van der Waals surface area contributed by atoms with E-state index in [1.54, 1.807) is 0 Å². The molecule has 6 heteroatoms. The molecule has 0 atom stereocenters. The molecule has 0 saturated carbocycles. The van der Waals surface area contributed by atoms with Crippen LogP contribution in [0.2, 0.25) is 0 Å². The lowest BCUT2D eigenvalue weighted by molar-refractivity contribution is 0.155. The highest BCUT2D eigenvalue weighted by atomic mass is 16.5. The van der Waals surface area contributed by atoms with Gasteiger partial charge in [-0.15, -0.1) is 0 Å². The van der Waals surface area contributed by atoms with E-state index in [1.807, 2.05) is 25.4 Å². The molecule has 1 heterocycles. The Balaban J connectivity index is 1.83. The SMILES string of the molecule is CCNC(=NCCOCC)NCCc1nccn1Cc1ccccc1. The predicted molar refractivity (Wildman–Crippen MR) is 102 cm³/mol. The molecule has 0 amide bonds. The quantitative estimate of drug-likeness (QED) is 0.394. The molecule has 25 heavy (non-hydrogen) atoms. The van der Waals surface area contributed by atoms with Gasteiger partial charge in [0.15, 0.2) is 5.96 Å². The fraction of sp³-hybridized carbons (Fsp3) is 0.474. The highest BCUT2D eigenvalue weighted by molar-refractivity contribution is 5.79. The maximum Gasteiger partial charge on any atom is 0.191 e. The zero-order chi connectivity index (χ0) is 17.7. The van der Waals surface area contributed by atoms with Gasteiger partial charge in [0.25, 0.3) is 0 Å². The molecule has 0 aliphatic heterocycles. The first-order valence-corrected chi connectivity index (χ1v) is 8.97. The topological polar surface area (TPSA) is 63.5 Å². The molecule has 0 aliphatic rings. The van der Waals surface area contributed by atoms with E-state index in [2.05, 4.69) is 56.4 Å². The summed E-state index contributed by atoms with van der Waals surface area (Å²) in [7, 11) is 0. The Morgan fingerprint density at radius 2 is 2.04 bits per heavy atom. The predicted octanol–water partition coefficient (Wildman–Crippen LogP) is 2.07. The lowest BCUT2D eigenvalue weighted by atomic mass is 10.2. The largest absolute Gasteiger partial charge is 0.380 e. The number of rotatable bonds is 10. The molecule has 6 nitrogen and oxygen atoms in total. The Hall–Kier alpha value is -2.34. The van der Waals surface area contributed by atoms with Gasteiger partial charge in [-0.2, -0.15) is 0 Å². The highest BCUT2D eigenvalue weighted by Crippen LogP contribution is 2.05. The Morgan fingerprint density at radius 3 is 2.80 bits per heavy atom. The summed E-state index contributed by atoms with van der Waals surface area (Å²) in [6.45, 7) is 8.55. The summed E-state index contributed by atoms with van der Waals surface area (Å²) in [5, 5.41) is 6.61. The van der Waals surface area contributed by atoms with E-state index in [-0.39, 0.29) is 0 Å². The normalized spacial score (nSPS) is 11.5. The maximum absolute atomic E-state index is 5.32. The van der Waals surface area contributed by atoms with Gasteiger partial charge < -0.3 is 19.9 Å². The molecule has 1 aromatic carbocycles. The average Bonchev–Trinajstić information content (AvgIpc) is 3.06. The molecule has 1 aromatic heterocycles. The number of aliphatic imine (C=N–C) groups is 1. The molecule has 0 saturated heterocycles. The number of hydrogen-bond acceptors (Lipinski definition) is 3. The third kappa shape index (κ3) is 6.97. The van der Waals surface area contributed by atoms with E-state index < -0.39 is 0 Å².